The van der Waals surface area contributed by atoms with Gasteiger partial charge in [0, 0.05) is 6.42 Å². The van der Waals surface area contributed by atoms with Gasteiger partial charge in [0.15, 0.2) is 0 Å². The number of amides is 1. The van der Waals surface area contributed by atoms with Crippen LogP contribution in [-0.2, 0) is 23.9 Å². The number of hydrogen-bond donors (Lipinski definition) is 1. The molecule has 1 amide bonds. The van der Waals surface area contributed by atoms with E-state index < -0.39 is 29.5 Å². The molecule has 6 nitrogen and oxygen atoms in total. The van der Waals surface area contributed by atoms with Crippen LogP contribution in [0.25, 0.3) is 0 Å². The van der Waals surface area contributed by atoms with Crippen LogP contribution in [0.4, 0.5) is 0 Å². The van der Waals surface area contributed by atoms with E-state index in [-0.39, 0.29) is 18.9 Å². The number of nitrogens with one attached hydrogen (secondary N) is 1. The molecule has 0 heterocycles. The molecule has 0 aromatic heterocycles. The molecule has 1 N–H and O–H groups in total. The third-order valence-corrected chi connectivity index (χ3v) is 4.12. The highest BCUT2D eigenvalue weighted by Crippen LogP contribution is 2.19. The first-order valence-electron chi connectivity index (χ1n) is 10.1. The van der Waals surface area contributed by atoms with Gasteiger partial charge in [-0.15, -0.1) is 13.2 Å². The lowest BCUT2D eigenvalue weighted by molar-refractivity contribution is -0.161. The van der Waals surface area contributed by atoms with Crippen LogP contribution in [-0.4, -0.2) is 30.1 Å². The summed E-state index contributed by atoms with van der Waals surface area (Å²) in [5.74, 6) is -1.84. The fourth-order valence-corrected chi connectivity index (χ4v) is 2.74. The van der Waals surface area contributed by atoms with Crippen molar-refractivity contribution in [3.8, 4) is 0 Å². The first-order valence-corrected chi connectivity index (χ1v) is 10.1. The summed E-state index contributed by atoms with van der Waals surface area (Å²) in [7, 11) is 0. The Morgan fingerprint density at radius 3 is 2.33 bits per heavy atom. The predicted octanol–water partition coefficient (Wildman–Crippen LogP) is 4.28. The second-order valence-electron chi connectivity index (χ2n) is 8.00. The van der Waals surface area contributed by atoms with Gasteiger partial charge in [-0.1, -0.05) is 42.5 Å². The highest BCUT2D eigenvalue weighted by atomic mass is 16.6. The van der Waals surface area contributed by atoms with Crippen LogP contribution in [0.2, 0.25) is 0 Å². The molecule has 1 rings (SSSR count). The largest absolute Gasteiger partial charge is 0.463 e. The summed E-state index contributed by atoms with van der Waals surface area (Å²) in [5, 5.41) is 2.89. The van der Waals surface area contributed by atoms with Gasteiger partial charge in [-0.05, 0) is 39.2 Å². The highest BCUT2D eigenvalue weighted by molar-refractivity contribution is 5.80. The van der Waals surface area contributed by atoms with Crippen LogP contribution < -0.4 is 5.32 Å². The molecule has 0 saturated carbocycles. The fraction of sp³-hybridized carbons (Fsp3) is 0.458. The molecule has 164 valence electrons. The van der Waals surface area contributed by atoms with Crippen LogP contribution >= 0.6 is 0 Å². The molecule has 0 fully saturated rings. The zero-order chi connectivity index (χ0) is 22.6. The maximum Gasteiger partial charge on any atom is 0.309 e. The normalized spacial score (nSPS) is 12.9. The summed E-state index contributed by atoms with van der Waals surface area (Å²) in [6.07, 6.45) is 4.31. The summed E-state index contributed by atoms with van der Waals surface area (Å²) >= 11 is 0. The second kappa shape index (κ2) is 12.6. The van der Waals surface area contributed by atoms with Crippen LogP contribution in [0.1, 0.15) is 58.1 Å². The van der Waals surface area contributed by atoms with Crippen molar-refractivity contribution in [3.05, 3.63) is 61.2 Å². The molecule has 30 heavy (non-hydrogen) atoms. The number of allylic oxidation sites excluding steroid dienone is 2. The van der Waals surface area contributed by atoms with Crippen LogP contribution in [0.15, 0.2) is 55.6 Å². The SMILES string of the molecule is C=CCCC(=O)NC(COC(=O)C(CC=C)CC(=O)OC(C)(C)C)c1ccccc1. The average molecular weight is 416 g/mol. The van der Waals surface area contributed by atoms with Crippen LogP contribution in [0.5, 0.6) is 0 Å². The number of benzene rings is 1. The highest BCUT2D eigenvalue weighted by Gasteiger charge is 2.27. The predicted molar refractivity (Wildman–Crippen MR) is 116 cm³/mol. The van der Waals surface area contributed by atoms with Gasteiger partial charge >= 0.3 is 11.9 Å². The molecule has 6 heteroatoms. The molecular formula is C24H33NO5. The lowest BCUT2D eigenvalue weighted by atomic mass is 10.0. The quantitative estimate of drug-likeness (QED) is 0.407. The topological polar surface area (TPSA) is 81.7 Å². The molecular weight excluding hydrogens is 382 g/mol. The van der Waals surface area contributed by atoms with Gasteiger partial charge in [0.25, 0.3) is 0 Å². The molecule has 0 aliphatic carbocycles. The van der Waals surface area contributed by atoms with Crippen molar-refractivity contribution in [2.75, 3.05) is 6.61 Å². The summed E-state index contributed by atoms with van der Waals surface area (Å²) in [4.78, 5) is 36.9. The van der Waals surface area contributed by atoms with Crippen molar-refractivity contribution < 1.29 is 23.9 Å². The number of hydrogen-bond acceptors (Lipinski definition) is 5. The van der Waals surface area contributed by atoms with Crippen molar-refractivity contribution in [1.82, 2.24) is 5.32 Å². The Bertz CT molecular complexity index is 721. The van der Waals surface area contributed by atoms with Gasteiger partial charge in [0.05, 0.1) is 18.4 Å². The van der Waals surface area contributed by atoms with E-state index in [9.17, 15) is 14.4 Å². The van der Waals surface area contributed by atoms with E-state index in [1.807, 2.05) is 30.3 Å². The standard InChI is InChI=1S/C24H33NO5/c1-6-8-15-21(26)25-20(18-13-10-9-11-14-18)17-29-23(28)19(12-7-2)16-22(27)30-24(3,4)5/h6-7,9-11,13-14,19-20H,1-2,8,12,15-17H2,3-5H3,(H,25,26). The first kappa shape index (κ1) is 25.1. The van der Waals surface area contributed by atoms with Gasteiger partial charge in [-0.3, -0.25) is 14.4 Å². The Balaban J connectivity index is 2.79. The molecule has 0 radical (unpaired) electrons. The van der Waals surface area contributed by atoms with Crippen molar-refractivity contribution in [3.63, 3.8) is 0 Å². The minimum atomic E-state index is -0.690. The van der Waals surface area contributed by atoms with E-state index in [1.165, 1.54) is 0 Å². The summed E-state index contributed by atoms with van der Waals surface area (Å²) in [5.41, 5.74) is 0.193. The van der Waals surface area contributed by atoms with Crippen LogP contribution in [0, 0.1) is 5.92 Å². The number of carbonyl (C=O) groups excluding carboxylic acids is 3. The Labute approximate surface area is 179 Å². The fourth-order valence-electron chi connectivity index (χ4n) is 2.74. The Morgan fingerprint density at radius 2 is 1.77 bits per heavy atom. The van der Waals surface area contributed by atoms with Crippen molar-refractivity contribution in [2.24, 2.45) is 5.92 Å². The Morgan fingerprint density at radius 1 is 1.10 bits per heavy atom. The molecule has 0 aliphatic heterocycles. The van der Waals surface area contributed by atoms with E-state index in [2.05, 4.69) is 18.5 Å². The molecule has 2 unspecified atom stereocenters. The zero-order valence-corrected chi connectivity index (χ0v) is 18.2. The van der Waals surface area contributed by atoms with Crippen molar-refractivity contribution in [1.29, 1.82) is 0 Å². The van der Waals surface area contributed by atoms with Crippen molar-refractivity contribution >= 4 is 17.8 Å². The number of rotatable bonds is 12. The average Bonchev–Trinajstić information content (AvgIpc) is 2.68. The lowest BCUT2D eigenvalue weighted by Gasteiger charge is -2.23. The minimum Gasteiger partial charge on any atom is -0.463 e. The Hall–Kier alpha value is -2.89. The number of esters is 2. The number of carbonyl (C=O) groups is 3. The van der Waals surface area contributed by atoms with Gasteiger partial charge in [0.1, 0.15) is 12.2 Å². The maximum atomic E-state index is 12.6. The van der Waals surface area contributed by atoms with E-state index >= 15 is 0 Å². The molecule has 0 bridgehead atoms. The molecule has 0 aliphatic rings. The van der Waals surface area contributed by atoms with E-state index in [0.29, 0.717) is 19.3 Å². The second-order valence-corrected chi connectivity index (χ2v) is 8.00. The summed E-state index contributed by atoms with van der Waals surface area (Å²) < 4.78 is 10.8. The van der Waals surface area contributed by atoms with E-state index in [0.717, 1.165) is 5.56 Å². The van der Waals surface area contributed by atoms with Gasteiger partial charge in [-0.2, -0.15) is 0 Å². The van der Waals surface area contributed by atoms with Gasteiger partial charge < -0.3 is 14.8 Å². The molecule has 0 saturated heterocycles. The van der Waals surface area contributed by atoms with Crippen LogP contribution in [0.3, 0.4) is 0 Å². The number of ether oxygens (including phenoxy) is 2. The van der Waals surface area contributed by atoms with Gasteiger partial charge in [-0.25, -0.2) is 0 Å². The third-order valence-electron chi connectivity index (χ3n) is 4.12. The monoisotopic (exact) mass is 415 g/mol. The molecule has 0 spiro atoms. The Kier molecular flexibility index (Phi) is 10.6. The maximum absolute atomic E-state index is 12.6. The molecule has 2 atom stereocenters. The van der Waals surface area contributed by atoms with Crippen molar-refractivity contribution in [2.45, 2.75) is 58.1 Å². The molecule has 1 aromatic rings. The van der Waals surface area contributed by atoms with Gasteiger partial charge in [0.2, 0.25) is 5.91 Å². The zero-order valence-electron chi connectivity index (χ0n) is 18.2. The minimum absolute atomic E-state index is 0.0371. The summed E-state index contributed by atoms with van der Waals surface area (Å²) in [6.45, 7) is 12.5. The van der Waals surface area contributed by atoms with E-state index in [1.54, 1.807) is 32.9 Å². The summed E-state index contributed by atoms with van der Waals surface area (Å²) in [6, 6.07) is 8.79. The molecule has 1 aromatic carbocycles. The van der Waals surface area contributed by atoms with E-state index in [4.69, 9.17) is 9.47 Å². The smallest absolute Gasteiger partial charge is 0.309 e. The third kappa shape index (κ3) is 10.0. The first-order chi connectivity index (χ1) is 14.2. The lowest BCUT2D eigenvalue weighted by Crippen LogP contribution is -2.33.